The molecule has 0 saturated heterocycles. The molecule has 0 saturated carbocycles. The largest absolute Gasteiger partial charge is 0.496 e. The number of aromatic nitrogens is 3. The Hall–Kier alpha value is -3.06. The van der Waals surface area contributed by atoms with Crippen molar-refractivity contribution in [2.75, 3.05) is 12.4 Å². The van der Waals surface area contributed by atoms with Crippen molar-refractivity contribution in [3.8, 4) is 17.1 Å². The van der Waals surface area contributed by atoms with E-state index in [-0.39, 0.29) is 11.2 Å². The summed E-state index contributed by atoms with van der Waals surface area (Å²) in [7, 11) is 1.63. The minimum absolute atomic E-state index is 0.0715. The Morgan fingerprint density at radius 1 is 1.19 bits per heavy atom. The Morgan fingerprint density at radius 3 is 2.62 bits per heavy atom. The average Bonchev–Trinajstić information content (AvgIpc) is 3.20. The number of allylic oxidation sites excluding steroid dienone is 1. The predicted octanol–water partition coefficient (Wildman–Crippen LogP) is 5.77. The second-order valence-electron chi connectivity index (χ2n) is 7.55. The molecule has 2 aromatic carbocycles. The summed E-state index contributed by atoms with van der Waals surface area (Å²) in [5.41, 5.74) is 2.85. The van der Waals surface area contributed by atoms with Crippen LogP contribution >= 0.6 is 11.8 Å². The van der Waals surface area contributed by atoms with Crippen LogP contribution in [0.15, 0.2) is 66.3 Å². The van der Waals surface area contributed by atoms with Gasteiger partial charge in [-0.1, -0.05) is 62.0 Å². The fourth-order valence-electron chi connectivity index (χ4n) is 3.40. The number of para-hydroxylation sites is 2. The van der Waals surface area contributed by atoms with Gasteiger partial charge in [-0.3, -0.25) is 9.36 Å². The predicted molar refractivity (Wildman–Crippen MR) is 131 cm³/mol. The maximum Gasteiger partial charge on any atom is 0.237 e. The van der Waals surface area contributed by atoms with Gasteiger partial charge in [0.05, 0.1) is 17.9 Å². The Bertz CT molecular complexity index is 1080. The van der Waals surface area contributed by atoms with Crippen LogP contribution in [-0.4, -0.2) is 33.0 Å². The number of nitrogens with zero attached hydrogens (tertiary/aromatic N) is 3. The number of anilines is 1. The fourth-order valence-corrected chi connectivity index (χ4v) is 4.26. The van der Waals surface area contributed by atoms with Crippen LogP contribution < -0.4 is 10.1 Å². The molecule has 0 aliphatic heterocycles. The number of benzene rings is 2. The van der Waals surface area contributed by atoms with Gasteiger partial charge in [0, 0.05) is 12.2 Å². The first kappa shape index (κ1) is 23.6. The monoisotopic (exact) mass is 450 g/mol. The second kappa shape index (κ2) is 11.0. The molecule has 0 radical (unpaired) electrons. The summed E-state index contributed by atoms with van der Waals surface area (Å²) in [6.07, 6.45) is 2.80. The highest BCUT2D eigenvalue weighted by molar-refractivity contribution is 8.00. The first-order valence-electron chi connectivity index (χ1n) is 10.7. The molecular weight excluding hydrogens is 420 g/mol. The van der Waals surface area contributed by atoms with E-state index in [1.54, 1.807) is 13.2 Å². The minimum atomic E-state index is -0.363. The van der Waals surface area contributed by atoms with Crippen LogP contribution in [0.2, 0.25) is 0 Å². The summed E-state index contributed by atoms with van der Waals surface area (Å²) in [6.45, 7) is 10.6. The van der Waals surface area contributed by atoms with E-state index in [1.165, 1.54) is 11.8 Å². The van der Waals surface area contributed by atoms with Crippen molar-refractivity contribution in [1.29, 1.82) is 0 Å². The number of thioether (sulfide) groups is 1. The lowest BCUT2D eigenvalue weighted by Crippen LogP contribution is -2.23. The van der Waals surface area contributed by atoms with E-state index >= 15 is 0 Å². The third-order valence-corrected chi connectivity index (χ3v) is 6.47. The van der Waals surface area contributed by atoms with Crippen LogP contribution in [0.1, 0.15) is 38.7 Å². The van der Waals surface area contributed by atoms with E-state index in [9.17, 15) is 4.79 Å². The molecule has 1 N–H and O–H groups in total. The quantitative estimate of drug-likeness (QED) is 0.314. The van der Waals surface area contributed by atoms with E-state index in [0.717, 1.165) is 23.2 Å². The molecular formula is C25H30N4O2S. The number of methoxy groups -OCH3 is 1. The summed E-state index contributed by atoms with van der Waals surface area (Å²) < 4.78 is 7.44. The zero-order chi connectivity index (χ0) is 23.1. The average molecular weight is 451 g/mol. The molecule has 0 fully saturated rings. The Kier molecular flexibility index (Phi) is 8.11. The number of nitrogens with one attached hydrogen (secondary N) is 1. The number of rotatable bonds is 10. The fraction of sp³-hybridized carbons (Fsp3) is 0.320. The highest BCUT2D eigenvalue weighted by Crippen LogP contribution is 2.33. The highest BCUT2D eigenvalue weighted by Gasteiger charge is 2.22. The van der Waals surface area contributed by atoms with E-state index < -0.39 is 0 Å². The van der Waals surface area contributed by atoms with Crippen molar-refractivity contribution in [1.82, 2.24) is 14.8 Å². The molecule has 1 amide bonds. The zero-order valence-corrected chi connectivity index (χ0v) is 19.9. The number of carbonyl (C=O) groups excluding carboxylic acids is 1. The molecule has 0 spiro atoms. The lowest BCUT2D eigenvalue weighted by atomic mass is 9.97. The van der Waals surface area contributed by atoms with Gasteiger partial charge in [-0.25, -0.2) is 0 Å². The molecule has 6 nitrogen and oxygen atoms in total. The number of hydrogen-bond acceptors (Lipinski definition) is 5. The first-order chi connectivity index (χ1) is 15.5. The smallest absolute Gasteiger partial charge is 0.237 e. The maximum absolute atomic E-state index is 13.0. The van der Waals surface area contributed by atoms with E-state index in [1.807, 2.05) is 54.0 Å². The van der Waals surface area contributed by atoms with Gasteiger partial charge in [-0.15, -0.1) is 16.8 Å². The minimum Gasteiger partial charge on any atom is -0.496 e. The van der Waals surface area contributed by atoms with Gasteiger partial charge < -0.3 is 10.1 Å². The molecule has 3 aromatic rings. The SMILES string of the molecule is C=CCn1c(SC(C)C(=O)Nc2ccccc2C(C)CC)nnc1-c1ccccc1OC. The Morgan fingerprint density at radius 2 is 1.91 bits per heavy atom. The number of ether oxygens (including phenoxy) is 1. The van der Waals surface area contributed by atoms with Crippen LogP contribution in [0.3, 0.4) is 0 Å². The lowest BCUT2D eigenvalue weighted by molar-refractivity contribution is -0.115. The molecule has 0 bridgehead atoms. The Labute approximate surface area is 194 Å². The van der Waals surface area contributed by atoms with Crippen molar-refractivity contribution in [2.45, 2.75) is 50.1 Å². The molecule has 2 unspecified atom stereocenters. The van der Waals surface area contributed by atoms with Crippen LogP contribution in [0.5, 0.6) is 5.75 Å². The molecule has 1 heterocycles. The maximum atomic E-state index is 13.0. The van der Waals surface area contributed by atoms with Gasteiger partial charge in [-0.05, 0) is 43.0 Å². The number of amides is 1. The molecule has 0 aliphatic carbocycles. The van der Waals surface area contributed by atoms with Crippen molar-refractivity contribution in [3.63, 3.8) is 0 Å². The molecule has 32 heavy (non-hydrogen) atoms. The van der Waals surface area contributed by atoms with E-state index in [0.29, 0.717) is 29.2 Å². The summed E-state index contributed by atoms with van der Waals surface area (Å²) in [5.74, 6) is 1.69. The van der Waals surface area contributed by atoms with Gasteiger partial charge in [0.2, 0.25) is 5.91 Å². The molecule has 0 aliphatic rings. The topological polar surface area (TPSA) is 69.0 Å². The van der Waals surface area contributed by atoms with Gasteiger partial charge in [0.15, 0.2) is 11.0 Å². The van der Waals surface area contributed by atoms with Crippen LogP contribution in [0.25, 0.3) is 11.4 Å². The van der Waals surface area contributed by atoms with Crippen molar-refractivity contribution in [2.24, 2.45) is 0 Å². The lowest BCUT2D eigenvalue weighted by Gasteiger charge is -2.18. The number of hydrogen-bond donors (Lipinski definition) is 1. The van der Waals surface area contributed by atoms with Gasteiger partial charge in [0.1, 0.15) is 5.75 Å². The zero-order valence-electron chi connectivity index (χ0n) is 19.0. The number of carbonyl (C=O) groups is 1. The van der Waals surface area contributed by atoms with Crippen LogP contribution in [-0.2, 0) is 11.3 Å². The second-order valence-corrected chi connectivity index (χ2v) is 8.86. The van der Waals surface area contributed by atoms with E-state index in [2.05, 4.69) is 42.0 Å². The van der Waals surface area contributed by atoms with Crippen molar-refractivity contribution < 1.29 is 9.53 Å². The van der Waals surface area contributed by atoms with E-state index in [4.69, 9.17) is 4.74 Å². The third kappa shape index (κ3) is 5.22. The van der Waals surface area contributed by atoms with Crippen molar-refractivity contribution >= 4 is 23.4 Å². The first-order valence-corrected chi connectivity index (χ1v) is 11.6. The summed E-state index contributed by atoms with van der Waals surface area (Å²) in [5, 5.41) is 12.1. The third-order valence-electron chi connectivity index (χ3n) is 5.39. The molecule has 1 aromatic heterocycles. The molecule has 7 heteroatoms. The van der Waals surface area contributed by atoms with Crippen LogP contribution in [0, 0.1) is 0 Å². The summed E-state index contributed by atoms with van der Waals surface area (Å²) >= 11 is 1.38. The highest BCUT2D eigenvalue weighted by atomic mass is 32.2. The van der Waals surface area contributed by atoms with Crippen molar-refractivity contribution in [3.05, 3.63) is 66.7 Å². The molecule has 2 atom stereocenters. The summed E-state index contributed by atoms with van der Waals surface area (Å²) in [6, 6.07) is 15.7. The molecule has 168 valence electrons. The van der Waals surface area contributed by atoms with Gasteiger partial charge in [0.25, 0.3) is 0 Å². The van der Waals surface area contributed by atoms with Gasteiger partial charge in [-0.2, -0.15) is 0 Å². The normalized spacial score (nSPS) is 12.8. The van der Waals surface area contributed by atoms with Gasteiger partial charge >= 0.3 is 0 Å². The Balaban J connectivity index is 1.82. The van der Waals surface area contributed by atoms with Crippen LogP contribution in [0.4, 0.5) is 5.69 Å². The molecule has 3 rings (SSSR count). The summed E-state index contributed by atoms with van der Waals surface area (Å²) in [4.78, 5) is 13.0. The standard InChI is InChI=1S/C25H30N4O2S/c1-6-16-29-23(20-13-9-11-15-22(20)31-5)27-28-25(29)32-18(4)24(30)26-21-14-10-8-12-19(21)17(3)7-2/h6,8-15,17-18H,1,7,16H2,2-5H3,(H,26,30).